The Balaban J connectivity index is 2.00. The third-order valence-corrected chi connectivity index (χ3v) is 4.63. The predicted molar refractivity (Wildman–Crippen MR) is 77.4 cm³/mol. The highest BCUT2D eigenvalue weighted by atomic mass is 32.2. The molecule has 0 aliphatic heterocycles. The summed E-state index contributed by atoms with van der Waals surface area (Å²) < 4.78 is 5.47. The molecule has 0 N–H and O–H groups in total. The third-order valence-electron chi connectivity index (χ3n) is 2.54. The van der Waals surface area contributed by atoms with Crippen molar-refractivity contribution < 1.29 is 9.53 Å². The molecule has 1 aromatic carbocycles. The smallest absolute Gasteiger partial charge is 0.306 e. The quantitative estimate of drug-likeness (QED) is 0.626. The van der Waals surface area contributed by atoms with Crippen molar-refractivity contribution >= 4 is 29.1 Å². The summed E-state index contributed by atoms with van der Waals surface area (Å²) in [7, 11) is 1.40. The summed E-state index contributed by atoms with van der Waals surface area (Å²) in [6.07, 6.45) is 0.389. The topological polar surface area (TPSA) is 52.1 Å². The number of carbonyl (C=O) groups is 1. The van der Waals surface area contributed by atoms with Crippen molar-refractivity contribution in [2.24, 2.45) is 0 Å². The van der Waals surface area contributed by atoms with Crippen LogP contribution in [0.4, 0.5) is 0 Å². The molecule has 0 saturated heterocycles. The van der Waals surface area contributed by atoms with E-state index in [-0.39, 0.29) is 5.97 Å². The number of hydrogen-bond acceptors (Lipinski definition) is 6. The first-order chi connectivity index (χ1) is 9.20. The Morgan fingerprint density at radius 2 is 2.16 bits per heavy atom. The first-order valence-electron chi connectivity index (χ1n) is 5.80. The lowest BCUT2D eigenvalue weighted by molar-refractivity contribution is -0.140. The van der Waals surface area contributed by atoms with Gasteiger partial charge in [0.25, 0.3) is 0 Å². The molecule has 6 heteroatoms. The van der Waals surface area contributed by atoms with E-state index in [2.05, 4.69) is 27.9 Å². The fraction of sp³-hybridized carbons (Fsp3) is 0.308. The zero-order chi connectivity index (χ0) is 13.7. The largest absolute Gasteiger partial charge is 0.469 e. The molecule has 0 radical (unpaired) electrons. The van der Waals surface area contributed by atoms with E-state index < -0.39 is 0 Å². The van der Waals surface area contributed by atoms with Crippen molar-refractivity contribution in [2.75, 3.05) is 12.9 Å². The second kappa shape index (κ2) is 6.68. The van der Waals surface area contributed by atoms with Gasteiger partial charge >= 0.3 is 5.97 Å². The number of aromatic nitrogens is 2. The van der Waals surface area contributed by atoms with Gasteiger partial charge in [-0.2, -0.15) is 0 Å². The van der Waals surface area contributed by atoms with Gasteiger partial charge in [-0.1, -0.05) is 47.4 Å². The number of hydrogen-bond donors (Lipinski definition) is 0. The van der Waals surface area contributed by atoms with E-state index in [0.717, 1.165) is 14.9 Å². The molecule has 1 heterocycles. The van der Waals surface area contributed by atoms with E-state index in [1.165, 1.54) is 24.4 Å². The zero-order valence-corrected chi connectivity index (χ0v) is 12.4. The van der Waals surface area contributed by atoms with Crippen molar-refractivity contribution in [1.29, 1.82) is 0 Å². The molecule has 2 rings (SSSR count). The summed E-state index contributed by atoms with van der Waals surface area (Å²) in [6.45, 7) is 2.06. The number of carbonyl (C=O) groups excluding carboxylic acids is 1. The van der Waals surface area contributed by atoms with E-state index in [1.807, 2.05) is 18.2 Å². The summed E-state index contributed by atoms with van der Waals surface area (Å²) in [4.78, 5) is 11.0. The highest BCUT2D eigenvalue weighted by molar-refractivity contribution is 8.01. The highest BCUT2D eigenvalue weighted by Gasteiger charge is 2.09. The molecular weight excluding hydrogens is 280 g/mol. The number of thioether (sulfide) groups is 1. The lowest BCUT2D eigenvalue weighted by atomic mass is 10.1. The molecule has 2 aromatic rings. The average Bonchev–Trinajstić information content (AvgIpc) is 2.87. The maximum Gasteiger partial charge on any atom is 0.306 e. The van der Waals surface area contributed by atoms with Crippen LogP contribution in [0.1, 0.15) is 12.0 Å². The van der Waals surface area contributed by atoms with E-state index in [1.54, 1.807) is 11.3 Å². The number of aryl methyl sites for hydroxylation is 1. The van der Waals surface area contributed by atoms with Gasteiger partial charge in [-0.3, -0.25) is 4.79 Å². The van der Waals surface area contributed by atoms with Crippen LogP contribution in [-0.4, -0.2) is 29.0 Å². The van der Waals surface area contributed by atoms with Crippen LogP contribution in [0.15, 0.2) is 28.6 Å². The lowest BCUT2D eigenvalue weighted by Crippen LogP contribution is -2.00. The van der Waals surface area contributed by atoms with Gasteiger partial charge in [-0.25, -0.2) is 0 Å². The highest BCUT2D eigenvalue weighted by Crippen LogP contribution is 2.31. The number of ether oxygens (including phenoxy) is 1. The molecule has 100 valence electrons. The first kappa shape index (κ1) is 14.0. The van der Waals surface area contributed by atoms with Gasteiger partial charge in [-0.05, 0) is 12.5 Å². The van der Waals surface area contributed by atoms with Crippen LogP contribution < -0.4 is 0 Å². The standard InChI is InChI=1S/C13H14N2O2S2/c1-9-5-3-4-6-10(9)12-14-15-13(19-12)18-8-7-11(16)17-2/h3-6H,7-8H2,1-2H3. The summed E-state index contributed by atoms with van der Waals surface area (Å²) in [5.41, 5.74) is 2.30. The minimum Gasteiger partial charge on any atom is -0.469 e. The maximum atomic E-state index is 11.0. The fourth-order valence-corrected chi connectivity index (χ4v) is 3.45. The zero-order valence-electron chi connectivity index (χ0n) is 10.8. The Morgan fingerprint density at radius 1 is 1.37 bits per heavy atom. The predicted octanol–water partition coefficient (Wildman–Crippen LogP) is 3.17. The number of methoxy groups -OCH3 is 1. The van der Waals surface area contributed by atoms with Gasteiger partial charge in [0.05, 0.1) is 13.5 Å². The van der Waals surface area contributed by atoms with Crippen LogP contribution in [-0.2, 0) is 9.53 Å². The molecule has 0 aliphatic rings. The summed E-state index contributed by atoms with van der Waals surface area (Å²) in [5, 5.41) is 9.25. The maximum absolute atomic E-state index is 11.0. The van der Waals surface area contributed by atoms with Crippen LogP contribution in [0.25, 0.3) is 10.6 Å². The number of rotatable bonds is 5. The third kappa shape index (κ3) is 3.78. The van der Waals surface area contributed by atoms with Crippen molar-refractivity contribution in [3.8, 4) is 10.6 Å². The number of benzene rings is 1. The van der Waals surface area contributed by atoms with Crippen molar-refractivity contribution in [3.05, 3.63) is 29.8 Å². The molecule has 1 aromatic heterocycles. The minimum absolute atomic E-state index is 0.198. The number of nitrogens with zero attached hydrogens (tertiary/aromatic N) is 2. The second-order valence-corrected chi connectivity index (χ2v) is 6.18. The molecule has 0 saturated carbocycles. The molecule has 0 atom stereocenters. The molecule has 4 nitrogen and oxygen atoms in total. The van der Waals surface area contributed by atoms with Crippen LogP contribution in [0.2, 0.25) is 0 Å². The van der Waals surface area contributed by atoms with Crippen molar-refractivity contribution in [2.45, 2.75) is 17.7 Å². The SMILES string of the molecule is COC(=O)CCSc1nnc(-c2ccccc2C)s1. The summed E-state index contributed by atoms with van der Waals surface area (Å²) >= 11 is 3.08. The Labute approximate surface area is 120 Å². The Morgan fingerprint density at radius 3 is 2.89 bits per heavy atom. The van der Waals surface area contributed by atoms with Gasteiger partial charge in [0, 0.05) is 11.3 Å². The Kier molecular flexibility index (Phi) is 4.93. The monoisotopic (exact) mass is 294 g/mol. The fourth-order valence-electron chi connectivity index (χ4n) is 1.51. The Hall–Kier alpha value is -1.40. The van der Waals surface area contributed by atoms with Crippen molar-refractivity contribution in [1.82, 2.24) is 10.2 Å². The number of esters is 1. The van der Waals surface area contributed by atoms with Crippen molar-refractivity contribution in [3.63, 3.8) is 0 Å². The molecular formula is C13H14N2O2S2. The minimum atomic E-state index is -0.198. The molecule has 0 fully saturated rings. The first-order valence-corrected chi connectivity index (χ1v) is 7.60. The molecule has 19 heavy (non-hydrogen) atoms. The van der Waals surface area contributed by atoms with E-state index in [4.69, 9.17) is 0 Å². The lowest BCUT2D eigenvalue weighted by Gasteiger charge is -1.99. The van der Waals surface area contributed by atoms with E-state index >= 15 is 0 Å². The van der Waals surface area contributed by atoms with Gasteiger partial charge in [0.2, 0.25) is 0 Å². The van der Waals surface area contributed by atoms with Gasteiger partial charge in [0.15, 0.2) is 4.34 Å². The Bertz CT molecular complexity index is 569. The van der Waals surface area contributed by atoms with Crippen LogP contribution >= 0.6 is 23.1 Å². The van der Waals surface area contributed by atoms with Crippen LogP contribution in [0.5, 0.6) is 0 Å². The van der Waals surface area contributed by atoms with Gasteiger partial charge in [0.1, 0.15) is 5.01 Å². The molecule has 0 amide bonds. The summed E-state index contributed by atoms with van der Waals surface area (Å²) in [6, 6.07) is 8.10. The average molecular weight is 294 g/mol. The molecule has 0 unspecified atom stereocenters. The van der Waals surface area contributed by atoms with Crippen LogP contribution in [0.3, 0.4) is 0 Å². The molecule has 0 aliphatic carbocycles. The normalized spacial score (nSPS) is 10.4. The molecule has 0 bridgehead atoms. The molecule has 0 spiro atoms. The van der Waals surface area contributed by atoms with Crippen LogP contribution in [0, 0.1) is 6.92 Å². The van der Waals surface area contributed by atoms with Gasteiger partial charge < -0.3 is 4.74 Å². The summed E-state index contributed by atoms with van der Waals surface area (Å²) in [5.74, 6) is 0.464. The second-order valence-electron chi connectivity index (χ2n) is 3.86. The van der Waals surface area contributed by atoms with Gasteiger partial charge in [-0.15, -0.1) is 10.2 Å². The van der Waals surface area contributed by atoms with E-state index in [0.29, 0.717) is 12.2 Å². The van der Waals surface area contributed by atoms with E-state index in [9.17, 15) is 4.79 Å².